The molecule has 7 heterocycles. The number of anilines is 2. The van der Waals surface area contributed by atoms with Crippen molar-refractivity contribution in [2.24, 2.45) is 0 Å². The number of aromatic amines is 1. The Hall–Kier alpha value is -7.64. The van der Waals surface area contributed by atoms with Crippen LogP contribution in [0, 0.1) is 0 Å². The number of ether oxygens (including phenoxy) is 1. The van der Waals surface area contributed by atoms with E-state index in [0.29, 0.717) is 58.2 Å². The number of aryl methyl sites for hydroxylation is 1. The van der Waals surface area contributed by atoms with Gasteiger partial charge >= 0.3 is 0 Å². The molecule has 3 aromatic carbocycles. The van der Waals surface area contributed by atoms with Gasteiger partial charge in [0, 0.05) is 79.4 Å². The number of amides is 6. The first-order chi connectivity index (χ1) is 32.2. The molecule has 10 rings (SSSR count). The van der Waals surface area contributed by atoms with Gasteiger partial charge in [0.2, 0.25) is 17.8 Å². The third kappa shape index (κ3) is 8.17. The van der Waals surface area contributed by atoms with Crippen LogP contribution in [0.15, 0.2) is 79.1 Å². The van der Waals surface area contributed by atoms with Crippen LogP contribution in [0.2, 0.25) is 0 Å². The summed E-state index contributed by atoms with van der Waals surface area (Å²) in [5.41, 5.74) is 4.79. The van der Waals surface area contributed by atoms with Crippen LogP contribution in [-0.2, 0) is 37.1 Å². The minimum absolute atomic E-state index is 0.0560. The molecule has 2 fully saturated rings. The highest BCUT2D eigenvalue weighted by Gasteiger charge is 2.45. The predicted molar refractivity (Wildman–Crippen MR) is 242 cm³/mol. The number of H-pyrrole nitrogens is 1. The van der Waals surface area contributed by atoms with Crippen LogP contribution in [0.1, 0.15) is 69.8 Å². The van der Waals surface area contributed by atoms with E-state index in [0.717, 1.165) is 74.3 Å². The Kier molecular flexibility index (Phi) is 11.6. The number of benzene rings is 3. The van der Waals surface area contributed by atoms with Crippen molar-refractivity contribution >= 4 is 80.0 Å². The Labute approximate surface area is 377 Å². The van der Waals surface area contributed by atoms with Gasteiger partial charge in [-0.2, -0.15) is 0 Å². The maximum Gasteiger partial charge on any atom is 0.264 e. The normalized spacial score (nSPS) is 18.0. The molecule has 4 aliphatic rings. The van der Waals surface area contributed by atoms with Gasteiger partial charge in [-0.15, -0.1) is 5.10 Å². The quantitative estimate of drug-likeness (QED) is 0.0808. The summed E-state index contributed by atoms with van der Waals surface area (Å²) in [6.07, 6.45) is 6.79. The fourth-order valence-electron chi connectivity index (χ4n) is 9.18. The van der Waals surface area contributed by atoms with Crippen molar-refractivity contribution < 1.29 is 33.5 Å². The Balaban J connectivity index is 0.671. The summed E-state index contributed by atoms with van der Waals surface area (Å²) >= 11 is 0. The molecular weight excluding hydrogens is 845 g/mol. The van der Waals surface area contributed by atoms with E-state index in [4.69, 9.17) is 14.7 Å². The minimum atomic E-state index is -1.03. The second kappa shape index (κ2) is 18.1. The van der Waals surface area contributed by atoms with Gasteiger partial charge in [0.05, 0.1) is 52.9 Å². The molecule has 1 atom stereocenters. The maximum atomic E-state index is 13.5. The van der Waals surface area contributed by atoms with Gasteiger partial charge in [0.25, 0.3) is 23.6 Å². The number of piperazine rings is 1. The molecule has 19 heteroatoms. The molecule has 4 aliphatic heterocycles. The van der Waals surface area contributed by atoms with Crippen LogP contribution in [0.25, 0.3) is 33.0 Å². The van der Waals surface area contributed by atoms with Gasteiger partial charge < -0.3 is 19.9 Å². The number of aromatic nitrogens is 6. The number of carbonyl (C=O) groups is 6. The summed E-state index contributed by atoms with van der Waals surface area (Å²) in [5.74, 6) is -2.59. The van der Waals surface area contributed by atoms with Crippen molar-refractivity contribution in [1.29, 1.82) is 0 Å². The number of unbranched alkanes of at least 4 members (excludes halogenated alkanes) is 2. The molecule has 0 saturated carbocycles. The average molecular weight is 891 g/mol. The van der Waals surface area contributed by atoms with Gasteiger partial charge in [-0.05, 0) is 50.1 Å². The second-order valence-corrected chi connectivity index (χ2v) is 16.7. The third-order valence-electron chi connectivity index (χ3n) is 12.5. The monoisotopic (exact) mass is 890 g/mol. The summed E-state index contributed by atoms with van der Waals surface area (Å²) in [4.78, 5) is 96.0. The lowest BCUT2D eigenvalue weighted by atomic mass is 9.97. The molecule has 0 bridgehead atoms. The summed E-state index contributed by atoms with van der Waals surface area (Å²) < 4.78 is 7.64. The molecule has 6 aromatic rings. The van der Waals surface area contributed by atoms with Crippen LogP contribution < -0.4 is 20.9 Å². The van der Waals surface area contributed by atoms with Crippen LogP contribution in [0.4, 0.5) is 11.6 Å². The summed E-state index contributed by atoms with van der Waals surface area (Å²) in [6, 6.07) is 19.2. The number of fused-ring (bicyclic) bond motifs is 3. The Morgan fingerprint density at radius 2 is 1.55 bits per heavy atom. The fourth-order valence-corrected chi connectivity index (χ4v) is 9.18. The number of hydrogen-bond acceptors (Lipinski definition) is 14. The summed E-state index contributed by atoms with van der Waals surface area (Å²) in [5, 5.41) is 18.0. The van der Waals surface area contributed by atoms with Gasteiger partial charge in [-0.25, -0.2) is 9.97 Å². The molecule has 1 unspecified atom stereocenters. The highest BCUT2D eigenvalue weighted by atomic mass is 16.5. The molecule has 336 valence electrons. The maximum absolute atomic E-state index is 13.5. The van der Waals surface area contributed by atoms with E-state index in [2.05, 4.69) is 41.0 Å². The van der Waals surface area contributed by atoms with Crippen molar-refractivity contribution in [2.45, 2.75) is 51.3 Å². The van der Waals surface area contributed by atoms with E-state index >= 15 is 0 Å². The van der Waals surface area contributed by atoms with E-state index in [9.17, 15) is 28.8 Å². The lowest BCUT2D eigenvalue weighted by Crippen LogP contribution is -2.54. The second-order valence-electron chi connectivity index (χ2n) is 16.7. The van der Waals surface area contributed by atoms with Gasteiger partial charge in [0.1, 0.15) is 11.7 Å². The summed E-state index contributed by atoms with van der Waals surface area (Å²) in [7, 11) is 0. The van der Waals surface area contributed by atoms with Crippen LogP contribution in [0.5, 0.6) is 0 Å². The molecule has 4 N–H and O–H groups in total. The number of nitrogens with zero attached hydrogens (tertiary/aromatic N) is 8. The smallest absolute Gasteiger partial charge is 0.264 e. The van der Waals surface area contributed by atoms with E-state index in [1.807, 2.05) is 59.4 Å². The number of para-hydroxylation sites is 2. The van der Waals surface area contributed by atoms with Crippen molar-refractivity contribution in [3.8, 4) is 0 Å². The first-order valence-corrected chi connectivity index (χ1v) is 22.2. The van der Waals surface area contributed by atoms with Crippen molar-refractivity contribution in [2.75, 3.05) is 56.1 Å². The Morgan fingerprint density at radius 1 is 0.758 bits per heavy atom. The van der Waals surface area contributed by atoms with Crippen LogP contribution in [-0.4, -0.2) is 127 Å². The lowest BCUT2D eigenvalue weighted by molar-refractivity contribution is -0.136. The molecule has 3 aromatic heterocycles. The molecule has 0 radical (unpaired) electrons. The van der Waals surface area contributed by atoms with Gasteiger partial charge in [0.15, 0.2) is 0 Å². The Morgan fingerprint density at radius 3 is 2.39 bits per heavy atom. The van der Waals surface area contributed by atoms with E-state index in [1.165, 1.54) is 0 Å². The first kappa shape index (κ1) is 42.3. The van der Waals surface area contributed by atoms with Crippen molar-refractivity contribution in [3.63, 3.8) is 0 Å². The van der Waals surface area contributed by atoms with E-state index < -0.39 is 41.5 Å². The number of nitrogens with one attached hydrogen (secondary N) is 4. The number of hydrogen-bond donors (Lipinski definition) is 4. The zero-order valence-electron chi connectivity index (χ0n) is 35.9. The number of rotatable bonds is 16. The largest absolute Gasteiger partial charge is 0.382 e. The average Bonchev–Trinajstić information content (AvgIpc) is 4.09. The number of imide groups is 3. The highest BCUT2D eigenvalue weighted by Crippen LogP contribution is 2.37. The Bertz CT molecular complexity index is 2970. The topological polar surface area (TPSA) is 230 Å². The summed E-state index contributed by atoms with van der Waals surface area (Å²) in [6.45, 7) is 5.71. The first-order valence-electron chi connectivity index (χ1n) is 22.2. The van der Waals surface area contributed by atoms with Crippen LogP contribution in [0.3, 0.4) is 0 Å². The highest BCUT2D eigenvalue weighted by molar-refractivity contribution is 6.50. The zero-order valence-corrected chi connectivity index (χ0v) is 35.9. The van der Waals surface area contributed by atoms with Crippen LogP contribution >= 0.6 is 0 Å². The SMILES string of the molecule is O=C1CCC(N2C(=O)c3cccc(NCCOCc4cn(CCCCCN5CCN(c6nc(C7=C(c8c[nH]c9ccccc89)C(=O)NC7=O)c7ccccc7n6)CC5)nn4)c3C2=O)C(=O)N1. The number of piperidine rings is 1. The molecule has 2 saturated heterocycles. The van der Waals surface area contributed by atoms with E-state index in [-0.39, 0.29) is 36.1 Å². The molecule has 0 aliphatic carbocycles. The standard InChI is InChI=1S/C47H46N12O7/c60-37-16-15-36(42(61)51-37)59-45(64)31-11-8-14-35(38(31)46(59)65)48-17-24-66-27-28-26-58(55-54-28)19-7-1-6-18-56-20-22-57(23-21-56)47-50-34-13-5-3-10-30(34)41(52-47)40-39(43(62)53-44(40)63)32-25-49-33-12-4-2-9-29(32)33/h2-5,8-14,25-26,36,48-49H,1,6-7,15-24,27H2,(H,51,60,61)(H,53,62,63). The van der Waals surface area contributed by atoms with Gasteiger partial charge in [-0.1, -0.05) is 54.1 Å². The lowest BCUT2D eigenvalue weighted by Gasteiger charge is -2.35. The molecule has 6 amide bonds. The van der Waals surface area contributed by atoms with E-state index in [1.54, 1.807) is 24.4 Å². The zero-order chi connectivity index (χ0) is 45.3. The number of carbonyl (C=O) groups excluding carboxylic acids is 6. The molecule has 19 nitrogen and oxygen atoms in total. The molecule has 66 heavy (non-hydrogen) atoms. The third-order valence-corrected chi connectivity index (χ3v) is 12.5. The van der Waals surface area contributed by atoms with Crippen molar-refractivity contribution in [3.05, 3.63) is 107 Å². The molecule has 0 spiro atoms. The van der Waals surface area contributed by atoms with Gasteiger partial charge in [-0.3, -0.25) is 53.9 Å². The van der Waals surface area contributed by atoms with Crippen molar-refractivity contribution in [1.82, 2.24) is 50.4 Å². The predicted octanol–water partition coefficient (Wildman–Crippen LogP) is 3.29. The molecular formula is C47H46N12O7. The fraction of sp³-hybridized carbons (Fsp3) is 0.319. The minimum Gasteiger partial charge on any atom is -0.382 e.